The molecule has 0 bridgehead atoms. The molecule has 0 aromatic carbocycles. The van der Waals surface area contributed by atoms with E-state index < -0.39 is 0 Å². The van der Waals surface area contributed by atoms with Crippen molar-refractivity contribution in [2.75, 3.05) is 11.0 Å². The number of rotatable bonds is 4. The molecule has 0 aromatic heterocycles. The molecule has 0 aliphatic heterocycles. The summed E-state index contributed by atoms with van der Waals surface area (Å²) < 4.78 is 1.13. The van der Waals surface area contributed by atoms with Crippen molar-refractivity contribution in [3.05, 3.63) is 0 Å². The second-order valence-electron chi connectivity index (χ2n) is 3.67. The summed E-state index contributed by atoms with van der Waals surface area (Å²) in [6.45, 7) is 0.859. The Morgan fingerprint density at radius 1 is 1.31 bits per heavy atom. The van der Waals surface area contributed by atoms with E-state index in [1.54, 1.807) is 0 Å². The molecule has 1 fully saturated rings. The first-order chi connectivity index (χ1) is 6.34. The number of hydrogen-bond donors (Lipinski definition) is 1. The van der Waals surface area contributed by atoms with Crippen LogP contribution < -0.4 is 5.32 Å². The van der Waals surface area contributed by atoms with Gasteiger partial charge in [0.25, 0.3) is 0 Å². The highest BCUT2D eigenvalue weighted by Gasteiger charge is 2.19. The molecule has 0 saturated heterocycles. The molecule has 1 amide bonds. The van der Waals surface area contributed by atoms with Crippen LogP contribution in [-0.4, -0.2) is 16.9 Å². The maximum Gasteiger partial charge on any atom is 0.223 e. The van der Waals surface area contributed by atoms with Gasteiger partial charge in [0, 0.05) is 16.9 Å². The molecule has 13 heavy (non-hydrogen) atoms. The number of halogens is 1. The third-order valence-electron chi connectivity index (χ3n) is 2.59. The van der Waals surface area contributed by atoms with Gasteiger partial charge >= 0.3 is 0 Å². The van der Waals surface area contributed by atoms with Crippen molar-refractivity contribution < 1.29 is 4.79 Å². The minimum absolute atomic E-state index is 0.296. The van der Waals surface area contributed by atoms with E-state index >= 15 is 0 Å². The molecular weight excluding hydrogens is 277 g/mol. The van der Waals surface area contributed by atoms with Crippen LogP contribution in [0.15, 0.2) is 0 Å². The van der Waals surface area contributed by atoms with Gasteiger partial charge in [-0.05, 0) is 19.3 Å². The van der Waals surface area contributed by atoms with Crippen molar-refractivity contribution >= 4 is 28.5 Å². The van der Waals surface area contributed by atoms with Crippen molar-refractivity contribution in [3.8, 4) is 0 Å². The number of amides is 1. The highest BCUT2D eigenvalue weighted by atomic mass is 127. The fourth-order valence-electron chi connectivity index (χ4n) is 1.79. The van der Waals surface area contributed by atoms with Crippen molar-refractivity contribution in [1.82, 2.24) is 5.32 Å². The zero-order valence-corrected chi connectivity index (χ0v) is 10.2. The van der Waals surface area contributed by atoms with Crippen LogP contribution in [-0.2, 0) is 4.79 Å². The molecule has 1 rings (SSSR count). The molecule has 0 heterocycles. The van der Waals surface area contributed by atoms with Gasteiger partial charge in [-0.3, -0.25) is 4.79 Å². The van der Waals surface area contributed by atoms with Gasteiger partial charge in [-0.2, -0.15) is 0 Å². The minimum Gasteiger partial charge on any atom is -0.356 e. The maximum absolute atomic E-state index is 11.6. The van der Waals surface area contributed by atoms with E-state index in [0.717, 1.165) is 30.2 Å². The van der Waals surface area contributed by atoms with Gasteiger partial charge in [0.1, 0.15) is 0 Å². The number of nitrogens with one attached hydrogen (secondary N) is 1. The second kappa shape index (κ2) is 6.62. The maximum atomic E-state index is 11.6. The molecule has 0 radical (unpaired) electrons. The lowest BCUT2D eigenvalue weighted by Crippen LogP contribution is -2.32. The first-order valence-electron chi connectivity index (χ1n) is 5.18. The lowest BCUT2D eigenvalue weighted by molar-refractivity contribution is -0.125. The summed E-state index contributed by atoms with van der Waals surface area (Å²) in [5.74, 6) is 0.618. The monoisotopic (exact) mass is 295 g/mol. The Bertz CT molecular complexity index is 155. The standard InChI is InChI=1S/C10H18INO/c11-7-4-8-12-10(13)9-5-2-1-3-6-9/h9H,1-8H2,(H,12,13). The van der Waals surface area contributed by atoms with Crippen LogP contribution in [0, 0.1) is 5.92 Å². The van der Waals surface area contributed by atoms with E-state index in [2.05, 4.69) is 27.9 Å². The van der Waals surface area contributed by atoms with Gasteiger partial charge in [0.15, 0.2) is 0 Å². The SMILES string of the molecule is O=C(NCCCI)C1CCCCC1. The summed E-state index contributed by atoms with van der Waals surface area (Å²) >= 11 is 2.34. The van der Waals surface area contributed by atoms with Crippen molar-refractivity contribution in [1.29, 1.82) is 0 Å². The van der Waals surface area contributed by atoms with Gasteiger partial charge in [-0.25, -0.2) is 0 Å². The molecule has 3 heteroatoms. The van der Waals surface area contributed by atoms with E-state index in [1.165, 1.54) is 19.3 Å². The van der Waals surface area contributed by atoms with E-state index in [0.29, 0.717) is 11.8 Å². The van der Waals surface area contributed by atoms with Crippen LogP contribution in [0.25, 0.3) is 0 Å². The van der Waals surface area contributed by atoms with E-state index in [4.69, 9.17) is 0 Å². The third-order valence-corrected chi connectivity index (χ3v) is 3.35. The van der Waals surface area contributed by atoms with Crippen LogP contribution in [0.4, 0.5) is 0 Å². The smallest absolute Gasteiger partial charge is 0.223 e. The van der Waals surface area contributed by atoms with Gasteiger partial charge in [-0.15, -0.1) is 0 Å². The minimum atomic E-state index is 0.296. The Balaban J connectivity index is 2.13. The van der Waals surface area contributed by atoms with Crippen LogP contribution in [0.2, 0.25) is 0 Å². The summed E-state index contributed by atoms with van der Waals surface area (Å²) in [6, 6.07) is 0. The zero-order valence-electron chi connectivity index (χ0n) is 8.02. The zero-order chi connectivity index (χ0) is 9.52. The average Bonchev–Trinajstić information content (AvgIpc) is 2.19. The Morgan fingerprint density at radius 2 is 2.00 bits per heavy atom. The largest absolute Gasteiger partial charge is 0.356 e. The number of carbonyl (C=O) groups excluding carboxylic acids is 1. The summed E-state index contributed by atoms with van der Waals surface area (Å²) in [6.07, 6.45) is 7.11. The summed E-state index contributed by atoms with van der Waals surface area (Å²) in [7, 11) is 0. The Labute approximate surface area is 94.0 Å². The number of carbonyl (C=O) groups is 1. The molecule has 2 nitrogen and oxygen atoms in total. The molecule has 1 aliphatic carbocycles. The molecule has 0 aromatic rings. The van der Waals surface area contributed by atoms with E-state index in [1.807, 2.05) is 0 Å². The molecule has 1 N–H and O–H groups in total. The normalized spacial score (nSPS) is 18.5. The van der Waals surface area contributed by atoms with Gasteiger partial charge in [0.05, 0.1) is 0 Å². The van der Waals surface area contributed by atoms with E-state index in [9.17, 15) is 4.79 Å². The fraction of sp³-hybridized carbons (Fsp3) is 0.900. The number of alkyl halides is 1. The third kappa shape index (κ3) is 4.29. The average molecular weight is 295 g/mol. The Kier molecular flexibility index (Phi) is 5.75. The summed E-state index contributed by atoms with van der Waals surface area (Å²) in [4.78, 5) is 11.6. The molecule has 0 unspecified atom stereocenters. The first-order valence-corrected chi connectivity index (χ1v) is 6.71. The van der Waals surface area contributed by atoms with Crippen LogP contribution >= 0.6 is 22.6 Å². The first kappa shape index (κ1) is 11.3. The van der Waals surface area contributed by atoms with Gasteiger partial charge < -0.3 is 5.32 Å². The van der Waals surface area contributed by atoms with Crippen molar-refractivity contribution in [2.45, 2.75) is 38.5 Å². The molecule has 0 atom stereocenters. The fourth-order valence-corrected chi connectivity index (χ4v) is 2.17. The Hall–Kier alpha value is 0.200. The van der Waals surface area contributed by atoms with Gasteiger partial charge in [-0.1, -0.05) is 41.9 Å². The molecule has 1 saturated carbocycles. The predicted octanol–water partition coefficient (Wildman–Crippen LogP) is 2.51. The molecular formula is C10H18INO. The van der Waals surface area contributed by atoms with Crippen LogP contribution in [0.5, 0.6) is 0 Å². The quantitative estimate of drug-likeness (QED) is 0.482. The van der Waals surface area contributed by atoms with Crippen LogP contribution in [0.1, 0.15) is 38.5 Å². The second-order valence-corrected chi connectivity index (χ2v) is 4.75. The topological polar surface area (TPSA) is 29.1 Å². The predicted molar refractivity (Wildman–Crippen MR) is 63.1 cm³/mol. The summed E-state index contributed by atoms with van der Waals surface area (Å²) in [5.41, 5.74) is 0. The molecule has 76 valence electrons. The summed E-state index contributed by atoms with van der Waals surface area (Å²) in [5, 5.41) is 3.01. The lowest BCUT2D eigenvalue weighted by Gasteiger charge is -2.20. The number of hydrogen-bond acceptors (Lipinski definition) is 1. The lowest BCUT2D eigenvalue weighted by atomic mass is 9.89. The van der Waals surface area contributed by atoms with E-state index in [-0.39, 0.29) is 0 Å². The highest BCUT2D eigenvalue weighted by Crippen LogP contribution is 2.23. The van der Waals surface area contributed by atoms with Gasteiger partial charge in [0.2, 0.25) is 5.91 Å². The van der Waals surface area contributed by atoms with Crippen molar-refractivity contribution in [3.63, 3.8) is 0 Å². The Morgan fingerprint density at radius 3 is 2.62 bits per heavy atom. The highest BCUT2D eigenvalue weighted by molar-refractivity contribution is 14.1. The van der Waals surface area contributed by atoms with Crippen LogP contribution in [0.3, 0.4) is 0 Å². The molecule has 1 aliphatic rings. The van der Waals surface area contributed by atoms with Crippen molar-refractivity contribution in [2.24, 2.45) is 5.92 Å². The molecule has 0 spiro atoms.